The average molecular weight is 320 g/mol. The first kappa shape index (κ1) is 13.6. The summed E-state index contributed by atoms with van der Waals surface area (Å²) in [7, 11) is 1.60. The van der Waals surface area contributed by atoms with E-state index in [0.29, 0.717) is 12.1 Å². The molecule has 0 heterocycles. The molecule has 0 fully saturated rings. The van der Waals surface area contributed by atoms with Crippen molar-refractivity contribution in [1.82, 2.24) is 5.32 Å². The number of hydrogen-bond acceptors (Lipinski definition) is 2. The summed E-state index contributed by atoms with van der Waals surface area (Å²) in [6, 6.07) is 14.9. The molecule has 0 spiro atoms. The van der Waals surface area contributed by atoms with Gasteiger partial charge in [0.15, 0.2) is 0 Å². The lowest BCUT2D eigenvalue weighted by Crippen LogP contribution is -2.22. The molecule has 0 aromatic heterocycles. The van der Waals surface area contributed by atoms with Crippen LogP contribution in [0.5, 0.6) is 5.75 Å². The Bertz CT molecular complexity index is 567. The zero-order valence-corrected chi connectivity index (χ0v) is 12.1. The van der Waals surface area contributed by atoms with Crippen LogP contribution in [-0.2, 0) is 6.54 Å². The predicted octanol–water partition coefficient (Wildman–Crippen LogP) is 3.39. The lowest BCUT2D eigenvalue weighted by atomic mass is 10.2. The summed E-state index contributed by atoms with van der Waals surface area (Å²) in [4.78, 5) is 11.9. The molecule has 2 rings (SSSR count). The first-order chi connectivity index (χ1) is 9.19. The number of halogens is 1. The summed E-state index contributed by atoms with van der Waals surface area (Å²) >= 11 is 3.40. The Labute approximate surface area is 120 Å². The molecular weight excluding hydrogens is 306 g/mol. The fourth-order valence-electron chi connectivity index (χ4n) is 1.67. The molecule has 1 amide bonds. The molecular formula is C15H14BrNO2. The molecule has 98 valence electrons. The maximum absolute atomic E-state index is 11.9. The van der Waals surface area contributed by atoms with E-state index < -0.39 is 0 Å². The van der Waals surface area contributed by atoms with E-state index in [2.05, 4.69) is 21.2 Å². The van der Waals surface area contributed by atoms with Crippen LogP contribution in [-0.4, -0.2) is 13.0 Å². The van der Waals surface area contributed by atoms with Crippen molar-refractivity contribution in [3.8, 4) is 5.75 Å². The Kier molecular flexibility index (Phi) is 4.58. The van der Waals surface area contributed by atoms with Crippen molar-refractivity contribution in [3.63, 3.8) is 0 Å². The monoisotopic (exact) mass is 319 g/mol. The van der Waals surface area contributed by atoms with Gasteiger partial charge < -0.3 is 10.1 Å². The third-order valence-electron chi connectivity index (χ3n) is 2.69. The summed E-state index contributed by atoms with van der Waals surface area (Å²) in [5.74, 6) is 0.645. The van der Waals surface area contributed by atoms with Gasteiger partial charge in [-0.1, -0.05) is 28.1 Å². The number of carbonyl (C=O) groups is 1. The fraction of sp³-hybridized carbons (Fsp3) is 0.133. The molecule has 0 radical (unpaired) electrons. The molecule has 3 nitrogen and oxygen atoms in total. The summed E-state index contributed by atoms with van der Waals surface area (Å²) in [6.07, 6.45) is 0. The quantitative estimate of drug-likeness (QED) is 0.938. The number of methoxy groups -OCH3 is 1. The minimum Gasteiger partial charge on any atom is -0.497 e. The lowest BCUT2D eigenvalue weighted by Gasteiger charge is -2.06. The van der Waals surface area contributed by atoms with Crippen LogP contribution in [0.2, 0.25) is 0 Å². The van der Waals surface area contributed by atoms with E-state index in [1.807, 2.05) is 24.3 Å². The number of rotatable bonds is 4. The zero-order chi connectivity index (χ0) is 13.7. The largest absolute Gasteiger partial charge is 0.497 e. The lowest BCUT2D eigenvalue weighted by molar-refractivity contribution is 0.0951. The van der Waals surface area contributed by atoms with Gasteiger partial charge in [-0.25, -0.2) is 0 Å². The molecule has 0 saturated heterocycles. The van der Waals surface area contributed by atoms with E-state index >= 15 is 0 Å². The zero-order valence-electron chi connectivity index (χ0n) is 10.5. The molecule has 0 saturated carbocycles. The van der Waals surface area contributed by atoms with Gasteiger partial charge in [-0.2, -0.15) is 0 Å². The summed E-state index contributed by atoms with van der Waals surface area (Å²) in [5, 5.41) is 2.88. The molecule has 0 bridgehead atoms. The molecule has 2 aromatic carbocycles. The third-order valence-corrected chi connectivity index (χ3v) is 3.19. The highest BCUT2D eigenvalue weighted by Crippen LogP contribution is 2.13. The smallest absolute Gasteiger partial charge is 0.251 e. The Hall–Kier alpha value is -1.81. The fourth-order valence-corrected chi connectivity index (χ4v) is 2.12. The normalized spacial score (nSPS) is 10.0. The molecule has 0 aliphatic carbocycles. The van der Waals surface area contributed by atoms with Crippen molar-refractivity contribution in [2.24, 2.45) is 0 Å². The molecule has 0 unspecified atom stereocenters. The minimum atomic E-state index is -0.0948. The summed E-state index contributed by atoms with van der Waals surface area (Å²) < 4.78 is 6.06. The van der Waals surface area contributed by atoms with Gasteiger partial charge in [0.05, 0.1) is 7.11 Å². The molecule has 1 N–H and O–H groups in total. The highest BCUT2D eigenvalue weighted by molar-refractivity contribution is 9.10. The number of carbonyl (C=O) groups excluding carboxylic acids is 1. The number of hydrogen-bond donors (Lipinski definition) is 1. The van der Waals surface area contributed by atoms with Gasteiger partial charge in [0, 0.05) is 16.6 Å². The van der Waals surface area contributed by atoms with E-state index in [-0.39, 0.29) is 5.91 Å². The van der Waals surface area contributed by atoms with E-state index in [1.54, 1.807) is 31.4 Å². The molecule has 0 atom stereocenters. The Balaban J connectivity index is 1.97. The van der Waals surface area contributed by atoms with Gasteiger partial charge >= 0.3 is 0 Å². The maximum atomic E-state index is 11.9. The molecule has 19 heavy (non-hydrogen) atoms. The SMILES string of the molecule is COc1ccc(C(=O)NCc2cccc(Br)c2)cc1. The highest BCUT2D eigenvalue weighted by atomic mass is 79.9. The van der Waals surface area contributed by atoms with Crippen LogP contribution >= 0.6 is 15.9 Å². The minimum absolute atomic E-state index is 0.0948. The van der Waals surface area contributed by atoms with Crippen LogP contribution in [0.25, 0.3) is 0 Å². The van der Waals surface area contributed by atoms with Crippen LogP contribution < -0.4 is 10.1 Å². The highest BCUT2D eigenvalue weighted by Gasteiger charge is 2.05. The van der Waals surface area contributed by atoms with Crippen molar-refractivity contribution >= 4 is 21.8 Å². The molecule has 0 aliphatic heterocycles. The van der Waals surface area contributed by atoms with Crippen LogP contribution in [0.4, 0.5) is 0 Å². The molecule has 4 heteroatoms. The maximum Gasteiger partial charge on any atom is 0.251 e. The van der Waals surface area contributed by atoms with Gasteiger partial charge in [0.2, 0.25) is 0 Å². The Morgan fingerprint density at radius 2 is 1.95 bits per heavy atom. The van der Waals surface area contributed by atoms with Crippen molar-refractivity contribution < 1.29 is 9.53 Å². The third kappa shape index (κ3) is 3.83. The Morgan fingerprint density at radius 3 is 2.58 bits per heavy atom. The van der Waals surface area contributed by atoms with Gasteiger partial charge in [-0.3, -0.25) is 4.79 Å². The van der Waals surface area contributed by atoms with Gasteiger partial charge in [0.1, 0.15) is 5.75 Å². The van der Waals surface area contributed by atoms with Crippen LogP contribution in [0, 0.1) is 0 Å². The summed E-state index contributed by atoms with van der Waals surface area (Å²) in [5.41, 5.74) is 1.67. The predicted molar refractivity (Wildman–Crippen MR) is 78.3 cm³/mol. The second-order valence-electron chi connectivity index (χ2n) is 4.04. The van der Waals surface area contributed by atoms with E-state index in [1.165, 1.54) is 0 Å². The number of nitrogens with one attached hydrogen (secondary N) is 1. The van der Waals surface area contributed by atoms with E-state index in [0.717, 1.165) is 15.8 Å². The van der Waals surface area contributed by atoms with Gasteiger partial charge in [0.25, 0.3) is 5.91 Å². The van der Waals surface area contributed by atoms with E-state index in [9.17, 15) is 4.79 Å². The molecule has 0 aliphatic rings. The van der Waals surface area contributed by atoms with Crippen molar-refractivity contribution in [3.05, 3.63) is 64.1 Å². The van der Waals surface area contributed by atoms with Crippen LogP contribution in [0.3, 0.4) is 0 Å². The average Bonchev–Trinajstić information content (AvgIpc) is 2.45. The van der Waals surface area contributed by atoms with Crippen molar-refractivity contribution in [1.29, 1.82) is 0 Å². The van der Waals surface area contributed by atoms with Gasteiger partial charge in [-0.15, -0.1) is 0 Å². The first-order valence-electron chi connectivity index (χ1n) is 5.86. The summed E-state index contributed by atoms with van der Waals surface area (Å²) in [6.45, 7) is 0.504. The van der Waals surface area contributed by atoms with E-state index in [4.69, 9.17) is 4.74 Å². The number of benzene rings is 2. The van der Waals surface area contributed by atoms with Crippen molar-refractivity contribution in [2.75, 3.05) is 7.11 Å². The molecule has 2 aromatic rings. The van der Waals surface area contributed by atoms with Crippen LogP contribution in [0.1, 0.15) is 15.9 Å². The Morgan fingerprint density at radius 1 is 1.21 bits per heavy atom. The number of ether oxygens (including phenoxy) is 1. The van der Waals surface area contributed by atoms with Crippen molar-refractivity contribution in [2.45, 2.75) is 6.54 Å². The topological polar surface area (TPSA) is 38.3 Å². The number of amides is 1. The first-order valence-corrected chi connectivity index (χ1v) is 6.65. The second-order valence-corrected chi connectivity index (χ2v) is 4.96. The standard InChI is InChI=1S/C15H14BrNO2/c1-19-14-7-5-12(6-8-14)15(18)17-10-11-3-2-4-13(16)9-11/h2-9H,10H2,1H3,(H,17,18). The second kappa shape index (κ2) is 6.38. The van der Waals surface area contributed by atoms with Gasteiger partial charge in [-0.05, 0) is 42.0 Å². The van der Waals surface area contributed by atoms with Crippen LogP contribution in [0.15, 0.2) is 53.0 Å².